The molecule has 0 saturated carbocycles. The molecule has 1 rings (SSSR count). The van der Waals surface area contributed by atoms with Gasteiger partial charge in [0.1, 0.15) is 10.5 Å². The summed E-state index contributed by atoms with van der Waals surface area (Å²) in [5.41, 5.74) is 13.6. The summed E-state index contributed by atoms with van der Waals surface area (Å²) in [6.45, 7) is 0.613. The molecule has 0 atom stereocenters. The van der Waals surface area contributed by atoms with Gasteiger partial charge in [-0.25, -0.2) is 0 Å². The van der Waals surface area contributed by atoms with Crippen LogP contribution in [-0.4, -0.2) is 10.5 Å². The van der Waals surface area contributed by atoms with Crippen LogP contribution in [0.1, 0.15) is 5.56 Å². The Morgan fingerprint density at radius 2 is 1.73 bits per heavy atom. The van der Waals surface area contributed by atoms with Crippen molar-refractivity contribution in [2.75, 3.05) is 11.5 Å². The van der Waals surface area contributed by atoms with Crippen LogP contribution in [-0.2, 0) is 11.0 Å². The largest absolute Gasteiger partial charge is 0.424 e. The normalized spacial score (nSPS) is 10.2. The highest BCUT2D eigenvalue weighted by Gasteiger charge is 1.94. The molecule has 0 bridgehead atoms. The van der Waals surface area contributed by atoms with E-state index in [1.807, 2.05) is 12.1 Å². The molecule has 11 heavy (non-hydrogen) atoms. The summed E-state index contributed by atoms with van der Waals surface area (Å²) in [4.78, 5) is 0. The number of rotatable bonds is 2. The molecule has 0 aromatic heterocycles. The van der Waals surface area contributed by atoms with Gasteiger partial charge in [0.25, 0.3) is 0 Å². The van der Waals surface area contributed by atoms with Crippen molar-refractivity contribution < 1.29 is 4.43 Å². The monoisotopic (exact) mass is 168 g/mol. The number of nitrogens with two attached hydrogens (primary N) is 2. The van der Waals surface area contributed by atoms with Crippen molar-refractivity contribution in [1.29, 1.82) is 0 Å². The van der Waals surface area contributed by atoms with Crippen LogP contribution in [0.5, 0.6) is 0 Å². The first-order valence-electron chi connectivity index (χ1n) is 3.36. The molecule has 1 aromatic rings. The summed E-state index contributed by atoms with van der Waals surface area (Å²) >= 11 is 0. The number of nitrogen functional groups attached to an aromatic ring is 2. The summed E-state index contributed by atoms with van der Waals surface area (Å²) in [6.07, 6.45) is 0. The lowest BCUT2D eigenvalue weighted by atomic mass is 10.2. The Kier molecular flexibility index (Phi) is 2.51. The zero-order chi connectivity index (χ0) is 8.27. The SMILES string of the molecule is Nc1cc(N)cc(CO[SiH3])c1. The maximum absolute atomic E-state index is 5.57. The van der Waals surface area contributed by atoms with Crippen LogP contribution in [0.2, 0.25) is 0 Å². The first-order chi connectivity index (χ1) is 5.22. The van der Waals surface area contributed by atoms with E-state index in [1.54, 1.807) is 6.07 Å². The van der Waals surface area contributed by atoms with Crippen LogP contribution in [0.4, 0.5) is 11.4 Å². The summed E-state index contributed by atoms with van der Waals surface area (Å²) < 4.78 is 5.07. The van der Waals surface area contributed by atoms with Gasteiger partial charge in [0, 0.05) is 11.4 Å². The van der Waals surface area contributed by atoms with Gasteiger partial charge in [-0.15, -0.1) is 0 Å². The van der Waals surface area contributed by atoms with Gasteiger partial charge in [-0.2, -0.15) is 0 Å². The van der Waals surface area contributed by atoms with Crippen molar-refractivity contribution in [3.63, 3.8) is 0 Å². The number of anilines is 2. The quantitative estimate of drug-likeness (QED) is 0.468. The summed E-state index contributed by atoms with van der Waals surface area (Å²) in [5.74, 6) is 0. The van der Waals surface area contributed by atoms with E-state index in [4.69, 9.17) is 15.9 Å². The second-order valence-electron chi connectivity index (χ2n) is 2.44. The number of benzene rings is 1. The van der Waals surface area contributed by atoms with Crippen LogP contribution in [0.25, 0.3) is 0 Å². The Hall–Kier alpha value is -1.00. The molecule has 0 heterocycles. The molecule has 4 N–H and O–H groups in total. The average molecular weight is 168 g/mol. The predicted octanol–water partition coefficient (Wildman–Crippen LogP) is -0.352. The van der Waals surface area contributed by atoms with Gasteiger partial charge in [-0.05, 0) is 23.8 Å². The third-order valence-corrected chi connectivity index (χ3v) is 1.64. The minimum absolute atomic E-state index is 0.613. The second kappa shape index (κ2) is 3.41. The summed E-state index contributed by atoms with van der Waals surface area (Å²) in [7, 11) is 0.738. The van der Waals surface area contributed by atoms with Gasteiger partial charge in [0.15, 0.2) is 0 Å². The third kappa shape index (κ3) is 2.25. The van der Waals surface area contributed by atoms with Gasteiger partial charge in [-0.1, -0.05) is 0 Å². The van der Waals surface area contributed by atoms with Crippen LogP contribution in [0.3, 0.4) is 0 Å². The Balaban J connectivity index is 2.89. The molecule has 0 fully saturated rings. The van der Waals surface area contributed by atoms with Crippen LogP contribution >= 0.6 is 0 Å². The molecule has 4 heteroatoms. The summed E-state index contributed by atoms with van der Waals surface area (Å²) in [5, 5.41) is 0. The smallest absolute Gasteiger partial charge is 0.146 e. The first-order valence-corrected chi connectivity index (χ1v) is 4.18. The Morgan fingerprint density at radius 3 is 2.18 bits per heavy atom. The maximum Gasteiger partial charge on any atom is 0.146 e. The van der Waals surface area contributed by atoms with E-state index in [-0.39, 0.29) is 0 Å². The topological polar surface area (TPSA) is 61.3 Å². The Morgan fingerprint density at radius 1 is 1.18 bits per heavy atom. The van der Waals surface area contributed by atoms with Crippen molar-refractivity contribution in [2.45, 2.75) is 6.61 Å². The lowest BCUT2D eigenvalue weighted by Crippen LogP contribution is -1.95. The van der Waals surface area contributed by atoms with Crippen LogP contribution in [0, 0.1) is 0 Å². The minimum atomic E-state index is 0.613. The van der Waals surface area contributed by atoms with Gasteiger partial charge in [0.05, 0.1) is 6.61 Å². The fourth-order valence-corrected chi connectivity index (χ4v) is 1.33. The van der Waals surface area contributed by atoms with E-state index >= 15 is 0 Å². The zero-order valence-corrected chi connectivity index (χ0v) is 8.50. The fourth-order valence-electron chi connectivity index (χ4n) is 0.996. The molecule has 0 aliphatic rings. The third-order valence-electron chi connectivity index (χ3n) is 1.35. The molecule has 0 aliphatic carbocycles. The van der Waals surface area contributed by atoms with Crippen LogP contribution < -0.4 is 11.5 Å². The molecule has 60 valence electrons. The molecule has 1 aromatic carbocycles. The zero-order valence-electron chi connectivity index (χ0n) is 6.50. The lowest BCUT2D eigenvalue weighted by Gasteiger charge is -2.02. The van der Waals surface area contributed by atoms with E-state index in [2.05, 4.69) is 0 Å². The van der Waals surface area contributed by atoms with Crippen molar-refractivity contribution >= 4 is 21.9 Å². The molecule has 0 saturated heterocycles. The predicted molar refractivity (Wildman–Crippen MR) is 50.0 cm³/mol. The first kappa shape index (κ1) is 8.10. The van der Waals surface area contributed by atoms with Gasteiger partial charge < -0.3 is 15.9 Å². The molecule has 0 spiro atoms. The van der Waals surface area contributed by atoms with E-state index in [9.17, 15) is 0 Å². The molecule has 0 amide bonds. The maximum atomic E-state index is 5.57. The van der Waals surface area contributed by atoms with E-state index in [0.29, 0.717) is 18.0 Å². The minimum Gasteiger partial charge on any atom is -0.424 e. The Labute approximate surface area is 68.9 Å². The molecular formula is C7H12N2OSi. The van der Waals surface area contributed by atoms with Gasteiger partial charge >= 0.3 is 0 Å². The molecule has 0 radical (unpaired) electrons. The standard InChI is InChI=1S/C7H12N2OSi/c8-6-1-5(4-10-11)2-7(9)3-6/h1-3H,4,8-9H2,11H3. The van der Waals surface area contributed by atoms with Gasteiger partial charge in [-0.3, -0.25) is 0 Å². The molecule has 3 nitrogen and oxygen atoms in total. The van der Waals surface area contributed by atoms with Gasteiger partial charge in [0.2, 0.25) is 0 Å². The van der Waals surface area contributed by atoms with Crippen molar-refractivity contribution in [3.05, 3.63) is 23.8 Å². The second-order valence-corrected chi connectivity index (χ2v) is 3.02. The highest BCUT2D eigenvalue weighted by atomic mass is 28.2. The highest BCUT2D eigenvalue weighted by Crippen LogP contribution is 2.13. The van der Waals surface area contributed by atoms with Crippen LogP contribution in [0.15, 0.2) is 18.2 Å². The Bertz CT molecular complexity index is 232. The number of hydrogen-bond acceptors (Lipinski definition) is 3. The molecular weight excluding hydrogens is 156 g/mol. The van der Waals surface area contributed by atoms with E-state index in [1.165, 1.54) is 0 Å². The lowest BCUT2D eigenvalue weighted by molar-refractivity contribution is 0.338. The molecule has 0 unspecified atom stereocenters. The molecule has 0 aliphatic heterocycles. The summed E-state index contributed by atoms with van der Waals surface area (Å²) in [6, 6.07) is 5.47. The average Bonchev–Trinajstić information content (AvgIpc) is 1.85. The number of hydrogen-bond donors (Lipinski definition) is 2. The fraction of sp³-hybridized carbons (Fsp3) is 0.143. The van der Waals surface area contributed by atoms with Crippen molar-refractivity contribution in [2.24, 2.45) is 0 Å². The van der Waals surface area contributed by atoms with E-state index in [0.717, 1.165) is 16.0 Å². The van der Waals surface area contributed by atoms with Crippen molar-refractivity contribution in [1.82, 2.24) is 0 Å². The van der Waals surface area contributed by atoms with E-state index < -0.39 is 0 Å². The highest BCUT2D eigenvalue weighted by molar-refractivity contribution is 5.97. The van der Waals surface area contributed by atoms with Crippen molar-refractivity contribution in [3.8, 4) is 0 Å².